The predicted octanol–water partition coefficient (Wildman–Crippen LogP) is 0.703. The Labute approximate surface area is 143 Å². The van der Waals surface area contributed by atoms with E-state index in [1.807, 2.05) is 6.92 Å². The van der Waals surface area contributed by atoms with Crippen molar-refractivity contribution >= 4 is 19.7 Å². The molecule has 1 aromatic carbocycles. The van der Waals surface area contributed by atoms with E-state index in [9.17, 15) is 16.8 Å². The van der Waals surface area contributed by atoms with Crippen LogP contribution in [0.5, 0.6) is 0 Å². The van der Waals surface area contributed by atoms with Crippen molar-refractivity contribution in [3.63, 3.8) is 0 Å². The van der Waals surface area contributed by atoms with Crippen molar-refractivity contribution in [2.45, 2.75) is 42.1 Å². The molecule has 0 bridgehead atoms. The molecule has 8 heteroatoms. The first-order valence-electron chi connectivity index (χ1n) is 8.14. The monoisotopic (exact) mass is 373 g/mol. The first kappa shape index (κ1) is 17.8. The van der Waals surface area contributed by atoms with E-state index in [1.165, 1.54) is 0 Å². The van der Waals surface area contributed by atoms with Gasteiger partial charge in [0.1, 0.15) is 0 Å². The van der Waals surface area contributed by atoms with Crippen LogP contribution >= 0.6 is 0 Å². The van der Waals surface area contributed by atoms with E-state index in [0.29, 0.717) is 13.2 Å². The van der Waals surface area contributed by atoms with Crippen LogP contribution in [0.1, 0.15) is 18.4 Å². The van der Waals surface area contributed by atoms with Gasteiger partial charge in [0.05, 0.1) is 27.8 Å². The van der Waals surface area contributed by atoms with E-state index in [0.717, 1.165) is 18.4 Å². The summed E-state index contributed by atoms with van der Waals surface area (Å²) in [4.78, 5) is 0.180. The van der Waals surface area contributed by atoms with Crippen molar-refractivity contribution in [1.29, 1.82) is 0 Å². The fourth-order valence-electron chi connectivity index (χ4n) is 3.30. The van der Waals surface area contributed by atoms with Crippen LogP contribution in [0, 0.1) is 6.92 Å². The molecule has 2 fully saturated rings. The average molecular weight is 373 g/mol. The van der Waals surface area contributed by atoms with E-state index in [4.69, 9.17) is 4.74 Å². The van der Waals surface area contributed by atoms with Gasteiger partial charge in [-0.3, -0.25) is 0 Å². The number of ether oxygens (including phenoxy) is 1. The third-order valence-electron chi connectivity index (χ3n) is 4.68. The Morgan fingerprint density at radius 2 is 1.92 bits per heavy atom. The van der Waals surface area contributed by atoms with Gasteiger partial charge < -0.3 is 10.1 Å². The standard InChI is InChI=1S/C16H23NO5S2/c1-12-4-6-14(7-5-12)24(20,21)16-11-23(18,19)10-15(16)17-9-13-3-2-8-22-13/h4-7,13,15-17H,2-3,8-11H2,1H3/t13-,15+,16+/m1/s1. The van der Waals surface area contributed by atoms with Gasteiger partial charge in [-0.15, -0.1) is 0 Å². The molecule has 2 heterocycles. The summed E-state index contributed by atoms with van der Waals surface area (Å²) in [6.07, 6.45) is 1.94. The van der Waals surface area contributed by atoms with Gasteiger partial charge in [-0.05, 0) is 31.9 Å². The van der Waals surface area contributed by atoms with E-state index in [1.54, 1.807) is 24.3 Å². The van der Waals surface area contributed by atoms with Crippen molar-refractivity contribution in [3.05, 3.63) is 29.8 Å². The molecule has 24 heavy (non-hydrogen) atoms. The van der Waals surface area contributed by atoms with Crippen molar-refractivity contribution in [3.8, 4) is 0 Å². The summed E-state index contributed by atoms with van der Waals surface area (Å²) >= 11 is 0. The minimum absolute atomic E-state index is 0.0380. The molecule has 1 aromatic rings. The van der Waals surface area contributed by atoms with Crippen LogP contribution in [0.4, 0.5) is 0 Å². The molecule has 3 rings (SSSR count). The number of rotatable bonds is 5. The molecule has 134 valence electrons. The highest BCUT2D eigenvalue weighted by molar-refractivity contribution is 7.96. The predicted molar refractivity (Wildman–Crippen MR) is 91.6 cm³/mol. The molecule has 1 N–H and O–H groups in total. The molecule has 0 radical (unpaired) electrons. The molecule has 0 amide bonds. The zero-order chi connectivity index (χ0) is 17.4. The van der Waals surface area contributed by atoms with E-state index < -0.39 is 31.0 Å². The molecule has 3 atom stereocenters. The summed E-state index contributed by atoms with van der Waals surface area (Å²) in [5, 5.41) is 2.18. The van der Waals surface area contributed by atoms with Gasteiger partial charge in [0.25, 0.3) is 0 Å². The maximum Gasteiger partial charge on any atom is 0.183 e. The summed E-state index contributed by atoms with van der Waals surface area (Å²) in [6.45, 7) is 3.07. The van der Waals surface area contributed by atoms with Crippen LogP contribution in [0.3, 0.4) is 0 Å². The Balaban J connectivity index is 1.80. The average Bonchev–Trinajstić information content (AvgIpc) is 3.13. The van der Waals surface area contributed by atoms with Crippen molar-refractivity contribution in [1.82, 2.24) is 5.32 Å². The van der Waals surface area contributed by atoms with Crippen LogP contribution in [-0.2, 0) is 24.4 Å². The van der Waals surface area contributed by atoms with Crippen LogP contribution in [0.2, 0.25) is 0 Å². The minimum atomic E-state index is -3.70. The Bertz CT molecular complexity index is 780. The molecule has 2 saturated heterocycles. The lowest BCUT2D eigenvalue weighted by Crippen LogP contribution is -2.45. The number of sulfone groups is 2. The fraction of sp³-hybridized carbons (Fsp3) is 0.625. The van der Waals surface area contributed by atoms with Crippen LogP contribution < -0.4 is 5.32 Å². The highest BCUT2D eigenvalue weighted by atomic mass is 32.2. The Morgan fingerprint density at radius 1 is 1.21 bits per heavy atom. The van der Waals surface area contributed by atoms with Gasteiger partial charge in [-0.1, -0.05) is 17.7 Å². The lowest BCUT2D eigenvalue weighted by Gasteiger charge is -2.21. The zero-order valence-electron chi connectivity index (χ0n) is 13.6. The van der Waals surface area contributed by atoms with E-state index >= 15 is 0 Å². The fourth-order valence-corrected chi connectivity index (χ4v) is 8.02. The number of benzene rings is 1. The van der Waals surface area contributed by atoms with Crippen molar-refractivity contribution in [2.75, 3.05) is 24.7 Å². The molecular weight excluding hydrogens is 350 g/mol. The summed E-state index contributed by atoms with van der Waals surface area (Å²) < 4.78 is 55.4. The molecule has 0 aliphatic carbocycles. The quantitative estimate of drug-likeness (QED) is 0.817. The number of aryl methyl sites for hydroxylation is 1. The lowest BCUT2D eigenvalue weighted by atomic mass is 10.2. The summed E-state index contributed by atoms with van der Waals surface area (Å²) in [6, 6.07) is 5.96. The lowest BCUT2D eigenvalue weighted by molar-refractivity contribution is 0.108. The summed E-state index contributed by atoms with van der Waals surface area (Å²) in [5.74, 6) is -0.470. The first-order chi connectivity index (χ1) is 11.3. The van der Waals surface area contributed by atoms with Gasteiger partial charge in [-0.2, -0.15) is 0 Å². The zero-order valence-corrected chi connectivity index (χ0v) is 15.3. The Hall–Kier alpha value is -0.960. The van der Waals surface area contributed by atoms with Gasteiger partial charge >= 0.3 is 0 Å². The number of nitrogens with one attached hydrogen (secondary N) is 1. The third-order valence-corrected chi connectivity index (χ3v) is 8.85. The molecule has 0 spiro atoms. The maximum atomic E-state index is 12.9. The summed E-state index contributed by atoms with van der Waals surface area (Å²) in [5.41, 5.74) is 0.959. The van der Waals surface area contributed by atoms with Crippen LogP contribution in [-0.4, -0.2) is 58.9 Å². The molecule has 0 aromatic heterocycles. The second-order valence-corrected chi connectivity index (χ2v) is 10.9. The molecule has 2 aliphatic rings. The molecular formula is C16H23NO5S2. The van der Waals surface area contributed by atoms with Gasteiger partial charge in [0.15, 0.2) is 19.7 Å². The first-order valence-corrected chi connectivity index (χ1v) is 11.5. The Morgan fingerprint density at radius 3 is 2.54 bits per heavy atom. The normalized spacial score (nSPS) is 29.8. The van der Waals surface area contributed by atoms with Crippen molar-refractivity contribution < 1.29 is 21.6 Å². The SMILES string of the molecule is Cc1ccc(S(=O)(=O)[C@H]2CS(=O)(=O)C[C@@H]2NC[C@H]2CCCO2)cc1. The summed E-state index contributed by atoms with van der Waals surface area (Å²) in [7, 11) is -7.08. The number of hydrogen-bond donors (Lipinski definition) is 1. The van der Waals surface area contributed by atoms with Gasteiger partial charge in [0.2, 0.25) is 0 Å². The minimum Gasteiger partial charge on any atom is -0.377 e. The highest BCUT2D eigenvalue weighted by Crippen LogP contribution is 2.26. The molecule has 2 aliphatic heterocycles. The molecule has 6 nitrogen and oxygen atoms in total. The second-order valence-electron chi connectivity index (χ2n) is 6.62. The highest BCUT2D eigenvalue weighted by Gasteiger charge is 2.45. The number of hydrogen-bond acceptors (Lipinski definition) is 6. The molecule has 0 unspecified atom stereocenters. The van der Waals surface area contributed by atoms with Crippen molar-refractivity contribution in [2.24, 2.45) is 0 Å². The van der Waals surface area contributed by atoms with Gasteiger partial charge in [0, 0.05) is 19.2 Å². The second kappa shape index (κ2) is 6.74. The maximum absolute atomic E-state index is 12.9. The topological polar surface area (TPSA) is 89.5 Å². The molecule has 0 saturated carbocycles. The van der Waals surface area contributed by atoms with Crippen LogP contribution in [0.25, 0.3) is 0 Å². The van der Waals surface area contributed by atoms with E-state index in [2.05, 4.69) is 5.32 Å². The van der Waals surface area contributed by atoms with Crippen LogP contribution in [0.15, 0.2) is 29.2 Å². The Kier molecular flexibility index (Phi) is 5.01. The largest absolute Gasteiger partial charge is 0.377 e. The van der Waals surface area contributed by atoms with E-state index in [-0.39, 0.29) is 22.5 Å². The van der Waals surface area contributed by atoms with Gasteiger partial charge in [-0.25, -0.2) is 16.8 Å². The smallest absolute Gasteiger partial charge is 0.183 e. The third kappa shape index (κ3) is 3.82.